The Labute approximate surface area is 209 Å². The summed E-state index contributed by atoms with van der Waals surface area (Å²) < 4.78 is 6.23. The van der Waals surface area contributed by atoms with Crippen molar-refractivity contribution in [2.45, 2.75) is 52.6 Å². The van der Waals surface area contributed by atoms with Gasteiger partial charge < -0.3 is 14.6 Å². The highest BCUT2D eigenvalue weighted by atomic mass is 16.5. The monoisotopic (exact) mass is 474 g/mol. The van der Waals surface area contributed by atoms with Gasteiger partial charge in [0, 0.05) is 44.1 Å². The van der Waals surface area contributed by atoms with Crippen molar-refractivity contribution in [1.29, 1.82) is 0 Å². The van der Waals surface area contributed by atoms with Gasteiger partial charge in [-0.3, -0.25) is 9.69 Å². The second kappa shape index (κ2) is 11.5. The molecule has 1 aromatic heterocycles. The van der Waals surface area contributed by atoms with Gasteiger partial charge in [-0.25, -0.2) is 4.98 Å². The van der Waals surface area contributed by atoms with E-state index in [1.807, 2.05) is 60.5 Å². The van der Waals surface area contributed by atoms with Gasteiger partial charge >= 0.3 is 0 Å². The van der Waals surface area contributed by atoms with Crippen LogP contribution in [0, 0.1) is 12.3 Å². The first-order valence-electron chi connectivity index (χ1n) is 12.7. The number of carbonyl (C=O) groups excluding carboxylic acids is 1. The Kier molecular flexibility index (Phi) is 8.24. The molecule has 0 aliphatic carbocycles. The number of carbonyl (C=O) groups is 1. The van der Waals surface area contributed by atoms with Gasteiger partial charge in [-0.1, -0.05) is 55.5 Å². The van der Waals surface area contributed by atoms with Crippen LogP contribution in [0.2, 0.25) is 0 Å². The van der Waals surface area contributed by atoms with Gasteiger partial charge in [0.05, 0.1) is 12.3 Å². The molecule has 3 aromatic rings. The number of H-pyrrole nitrogens is 1. The number of aryl methyl sites for hydroxylation is 2. The molecule has 2 heterocycles. The van der Waals surface area contributed by atoms with E-state index in [1.165, 1.54) is 0 Å². The Balaban J connectivity index is 1.41. The first-order chi connectivity index (χ1) is 17.0. The maximum absolute atomic E-state index is 13.3. The molecule has 35 heavy (non-hydrogen) atoms. The summed E-state index contributed by atoms with van der Waals surface area (Å²) in [7, 11) is 1.90. The highest BCUT2D eigenvalue weighted by Gasteiger charge is 2.38. The van der Waals surface area contributed by atoms with E-state index in [9.17, 15) is 4.79 Å². The van der Waals surface area contributed by atoms with Crippen molar-refractivity contribution in [2.75, 3.05) is 26.7 Å². The third kappa shape index (κ3) is 6.73. The van der Waals surface area contributed by atoms with Crippen molar-refractivity contribution < 1.29 is 9.53 Å². The Morgan fingerprint density at radius 3 is 2.37 bits per heavy atom. The average molecular weight is 475 g/mol. The zero-order valence-electron chi connectivity index (χ0n) is 21.3. The molecule has 4 rings (SSSR count). The summed E-state index contributed by atoms with van der Waals surface area (Å²) in [5.41, 5.74) is 3.26. The van der Waals surface area contributed by atoms with Gasteiger partial charge in [0.25, 0.3) is 0 Å². The van der Waals surface area contributed by atoms with Crippen molar-refractivity contribution in [3.8, 4) is 5.75 Å². The quantitative estimate of drug-likeness (QED) is 0.450. The molecule has 0 atom stereocenters. The average Bonchev–Trinajstić information content (AvgIpc) is 3.24. The van der Waals surface area contributed by atoms with Gasteiger partial charge in [0.1, 0.15) is 11.6 Å². The molecule has 6 nitrogen and oxygen atoms in total. The fraction of sp³-hybridized carbons (Fsp3) is 0.448. The molecule has 1 saturated heterocycles. The van der Waals surface area contributed by atoms with Crippen molar-refractivity contribution in [2.24, 2.45) is 5.41 Å². The van der Waals surface area contributed by atoms with Crippen LogP contribution in [0.5, 0.6) is 5.75 Å². The molecule has 186 valence electrons. The van der Waals surface area contributed by atoms with E-state index in [-0.39, 0.29) is 11.3 Å². The number of rotatable bonds is 10. The van der Waals surface area contributed by atoms with Crippen molar-refractivity contribution >= 4 is 5.91 Å². The molecule has 0 bridgehead atoms. The summed E-state index contributed by atoms with van der Waals surface area (Å²) in [6.45, 7) is 8.11. The van der Waals surface area contributed by atoms with Crippen LogP contribution in [0.25, 0.3) is 0 Å². The summed E-state index contributed by atoms with van der Waals surface area (Å²) >= 11 is 0. The molecule has 1 amide bonds. The van der Waals surface area contributed by atoms with Crippen LogP contribution in [0.15, 0.2) is 60.7 Å². The number of hydrogen-bond acceptors (Lipinski definition) is 4. The number of piperidine rings is 1. The van der Waals surface area contributed by atoms with E-state index in [4.69, 9.17) is 9.72 Å². The SMILES string of the molecule is CCc1nc(CN2CCC(COc3ccccc3)(CC(=O)N(C)Cc3ccccc3)CC2)c(C)[nH]1. The third-order valence-corrected chi connectivity index (χ3v) is 7.16. The molecular formula is C29H38N4O2. The first kappa shape index (κ1) is 25.0. The molecule has 1 aliphatic rings. The number of para-hydroxylation sites is 1. The second-order valence-electron chi connectivity index (χ2n) is 9.90. The molecule has 0 unspecified atom stereocenters. The molecule has 0 spiro atoms. The molecule has 1 fully saturated rings. The predicted octanol–water partition coefficient (Wildman–Crippen LogP) is 4.99. The topological polar surface area (TPSA) is 61.5 Å². The zero-order valence-corrected chi connectivity index (χ0v) is 21.3. The van der Waals surface area contributed by atoms with Gasteiger partial charge in [-0.15, -0.1) is 0 Å². The third-order valence-electron chi connectivity index (χ3n) is 7.16. The van der Waals surface area contributed by atoms with E-state index >= 15 is 0 Å². The number of nitrogens with zero attached hydrogens (tertiary/aromatic N) is 3. The number of hydrogen-bond donors (Lipinski definition) is 1. The van der Waals surface area contributed by atoms with E-state index in [2.05, 4.69) is 35.9 Å². The van der Waals surface area contributed by atoms with Gasteiger partial charge in [0.15, 0.2) is 0 Å². The van der Waals surface area contributed by atoms with E-state index in [1.54, 1.807) is 0 Å². The Bertz CT molecular complexity index is 1070. The minimum absolute atomic E-state index is 0.176. The van der Waals surface area contributed by atoms with Crippen LogP contribution in [-0.4, -0.2) is 52.4 Å². The molecule has 1 N–H and O–H groups in total. The Morgan fingerprint density at radius 1 is 1.09 bits per heavy atom. The lowest BCUT2D eigenvalue weighted by Crippen LogP contribution is -2.45. The number of imidazole rings is 1. The van der Waals surface area contributed by atoms with Gasteiger partial charge in [-0.05, 0) is 50.6 Å². The minimum Gasteiger partial charge on any atom is -0.493 e. The summed E-state index contributed by atoms with van der Waals surface area (Å²) in [6.07, 6.45) is 3.27. The predicted molar refractivity (Wildman–Crippen MR) is 139 cm³/mol. The molecule has 0 radical (unpaired) electrons. The summed E-state index contributed by atoms with van der Waals surface area (Å²) in [4.78, 5) is 25.8. The molecule has 0 saturated carbocycles. The van der Waals surface area contributed by atoms with Crippen LogP contribution < -0.4 is 4.74 Å². The van der Waals surface area contributed by atoms with Gasteiger partial charge in [0.2, 0.25) is 5.91 Å². The molecular weight excluding hydrogens is 436 g/mol. The number of aromatic amines is 1. The Morgan fingerprint density at radius 2 is 1.74 bits per heavy atom. The minimum atomic E-state index is -0.177. The highest BCUT2D eigenvalue weighted by molar-refractivity contribution is 5.76. The first-order valence-corrected chi connectivity index (χ1v) is 12.7. The fourth-order valence-corrected chi connectivity index (χ4v) is 4.81. The smallest absolute Gasteiger partial charge is 0.223 e. The normalized spacial score (nSPS) is 15.6. The largest absolute Gasteiger partial charge is 0.493 e. The van der Waals surface area contributed by atoms with Crippen molar-refractivity contribution in [3.63, 3.8) is 0 Å². The molecule has 1 aliphatic heterocycles. The van der Waals surface area contributed by atoms with E-state index in [0.29, 0.717) is 19.6 Å². The molecule has 6 heteroatoms. The second-order valence-corrected chi connectivity index (χ2v) is 9.90. The number of ether oxygens (including phenoxy) is 1. The number of aromatic nitrogens is 2. The van der Waals surface area contributed by atoms with Crippen LogP contribution in [0.3, 0.4) is 0 Å². The van der Waals surface area contributed by atoms with E-state index < -0.39 is 0 Å². The maximum atomic E-state index is 13.3. The number of amides is 1. The van der Waals surface area contributed by atoms with Crippen LogP contribution in [0.4, 0.5) is 0 Å². The van der Waals surface area contributed by atoms with Crippen molar-refractivity contribution in [3.05, 3.63) is 83.4 Å². The standard InChI is InChI=1S/C29H38N4O2/c1-4-27-30-23(2)26(31-27)21-33-17-15-29(16-18-33,22-35-25-13-9-6-10-14-25)19-28(34)32(3)20-24-11-7-5-8-12-24/h5-14H,4,15-22H2,1-3H3,(H,30,31). The lowest BCUT2D eigenvalue weighted by atomic mass is 9.75. The van der Waals surface area contributed by atoms with Crippen molar-refractivity contribution in [1.82, 2.24) is 19.8 Å². The summed E-state index contributed by atoms with van der Waals surface area (Å²) in [5, 5.41) is 0. The summed E-state index contributed by atoms with van der Waals surface area (Å²) in [6, 6.07) is 20.1. The van der Waals surface area contributed by atoms with Gasteiger partial charge in [-0.2, -0.15) is 0 Å². The van der Waals surface area contributed by atoms with Crippen LogP contribution in [-0.2, 0) is 24.3 Å². The van der Waals surface area contributed by atoms with E-state index in [0.717, 1.165) is 67.4 Å². The number of nitrogens with one attached hydrogen (secondary N) is 1. The van der Waals surface area contributed by atoms with Crippen LogP contribution in [0.1, 0.15) is 49.0 Å². The lowest BCUT2D eigenvalue weighted by molar-refractivity contribution is -0.134. The Hall–Kier alpha value is -3.12. The van der Waals surface area contributed by atoms with Crippen LogP contribution >= 0.6 is 0 Å². The summed E-state index contributed by atoms with van der Waals surface area (Å²) in [5.74, 6) is 2.08. The molecule has 2 aromatic carbocycles. The zero-order chi connectivity index (χ0) is 24.7. The number of benzene rings is 2. The maximum Gasteiger partial charge on any atom is 0.223 e. The highest BCUT2D eigenvalue weighted by Crippen LogP contribution is 2.37. The lowest BCUT2D eigenvalue weighted by Gasteiger charge is -2.41. The fourth-order valence-electron chi connectivity index (χ4n) is 4.81. The number of likely N-dealkylation sites (tertiary alicyclic amines) is 1.